The monoisotopic (exact) mass is 297 g/mol. The summed E-state index contributed by atoms with van der Waals surface area (Å²) in [5.74, 6) is 1.52. The smallest absolute Gasteiger partial charge is 0.0847 e. The summed E-state index contributed by atoms with van der Waals surface area (Å²) in [6.45, 7) is 11.0. The number of hydrogen-bond donors (Lipinski definition) is 1. The van der Waals surface area contributed by atoms with Crippen LogP contribution in [-0.4, -0.2) is 22.9 Å². The average molecular weight is 298 g/mol. The Labute approximate surface area is 128 Å². The van der Waals surface area contributed by atoms with Crippen molar-refractivity contribution in [2.75, 3.05) is 13.1 Å². The SMILES string of the molecule is Cc1nn(C)c(CC(C)(CNCC(C)C)C2CC2)c1Cl. The van der Waals surface area contributed by atoms with E-state index < -0.39 is 0 Å². The van der Waals surface area contributed by atoms with Gasteiger partial charge >= 0.3 is 0 Å². The minimum absolute atomic E-state index is 0.290. The van der Waals surface area contributed by atoms with E-state index in [0.717, 1.165) is 36.1 Å². The molecule has 0 saturated heterocycles. The number of nitrogens with zero attached hydrogens (tertiary/aromatic N) is 2. The van der Waals surface area contributed by atoms with Crippen LogP contribution in [0.25, 0.3) is 0 Å². The molecule has 1 unspecified atom stereocenters. The van der Waals surface area contributed by atoms with Gasteiger partial charge in [-0.15, -0.1) is 0 Å². The van der Waals surface area contributed by atoms with Gasteiger partial charge in [-0.25, -0.2) is 0 Å². The van der Waals surface area contributed by atoms with E-state index in [-0.39, 0.29) is 0 Å². The highest BCUT2D eigenvalue weighted by Crippen LogP contribution is 2.47. The topological polar surface area (TPSA) is 29.9 Å². The van der Waals surface area contributed by atoms with Crippen molar-refractivity contribution in [3.8, 4) is 0 Å². The molecule has 4 heteroatoms. The molecule has 0 amide bonds. The highest BCUT2D eigenvalue weighted by Gasteiger charge is 2.42. The number of aryl methyl sites for hydroxylation is 2. The van der Waals surface area contributed by atoms with Gasteiger partial charge in [-0.3, -0.25) is 4.68 Å². The Kier molecular flexibility index (Phi) is 4.80. The molecule has 20 heavy (non-hydrogen) atoms. The number of hydrogen-bond acceptors (Lipinski definition) is 2. The normalized spacial score (nSPS) is 18.6. The van der Waals surface area contributed by atoms with E-state index in [9.17, 15) is 0 Å². The van der Waals surface area contributed by atoms with Crippen molar-refractivity contribution in [3.05, 3.63) is 16.4 Å². The maximum atomic E-state index is 6.43. The van der Waals surface area contributed by atoms with Crippen molar-refractivity contribution >= 4 is 11.6 Å². The molecule has 1 saturated carbocycles. The first-order valence-corrected chi connectivity index (χ1v) is 8.10. The fourth-order valence-electron chi connectivity index (χ4n) is 3.03. The summed E-state index contributed by atoms with van der Waals surface area (Å²) >= 11 is 6.43. The Hall–Kier alpha value is -0.540. The van der Waals surface area contributed by atoms with Crippen molar-refractivity contribution in [2.45, 2.75) is 47.0 Å². The van der Waals surface area contributed by atoms with Crippen LogP contribution in [0.2, 0.25) is 5.02 Å². The number of aromatic nitrogens is 2. The van der Waals surface area contributed by atoms with Crippen LogP contribution in [0, 0.1) is 24.2 Å². The average Bonchev–Trinajstić information content (AvgIpc) is 3.15. The zero-order chi connectivity index (χ0) is 14.9. The molecule has 114 valence electrons. The van der Waals surface area contributed by atoms with E-state index in [0.29, 0.717) is 11.3 Å². The minimum Gasteiger partial charge on any atom is -0.316 e. The van der Waals surface area contributed by atoms with E-state index >= 15 is 0 Å². The lowest BCUT2D eigenvalue weighted by Crippen LogP contribution is -2.37. The van der Waals surface area contributed by atoms with Gasteiger partial charge in [0.15, 0.2) is 0 Å². The second-order valence-corrected chi connectivity index (χ2v) is 7.48. The van der Waals surface area contributed by atoms with Crippen molar-refractivity contribution < 1.29 is 0 Å². The van der Waals surface area contributed by atoms with Gasteiger partial charge in [0.25, 0.3) is 0 Å². The summed E-state index contributed by atoms with van der Waals surface area (Å²) in [4.78, 5) is 0. The Balaban J connectivity index is 2.08. The minimum atomic E-state index is 0.290. The van der Waals surface area contributed by atoms with Crippen molar-refractivity contribution in [1.82, 2.24) is 15.1 Å². The van der Waals surface area contributed by atoms with Crippen molar-refractivity contribution in [3.63, 3.8) is 0 Å². The van der Waals surface area contributed by atoms with Gasteiger partial charge < -0.3 is 5.32 Å². The van der Waals surface area contributed by atoms with Crippen LogP contribution in [0.3, 0.4) is 0 Å². The van der Waals surface area contributed by atoms with Crippen LogP contribution in [0.15, 0.2) is 0 Å². The van der Waals surface area contributed by atoms with E-state index in [1.807, 2.05) is 18.7 Å². The molecule has 2 rings (SSSR count). The van der Waals surface area contributed by atoms with Crippen LogP contribution in [0.4, 0.5) is 0 Å². The zero-order valence-corrected chi connectivity index (χ0v) is 14.2. The molecule has 1 heterocycles. The molecule has 0 spiro atoms. The lowest BCUT2D eigenvalue weighted by Gasteiger charge is -2.31. The third-order valence-corrected chi connectivity index (χ3v) is 4.97. The molecule has 0 aromatic carbocycles. The molecular weight excluding hydrogens is 270 g/mol. The first-order chi connectivity index (χ1) is 9.33. The summed E-state index contributed by atoms with van der Waals surface area (Å²) in [6.07, 6.45) is 3.72. The van der Waals surface area contributed by atoms with E-state index in [1.54, 1.807) is 0 Å². The second-order valence-electron chi connectivity index (χ2n) is 7.10. The van der Waals surface area contributed by atoms with Gasteiger partial charge in [0, 0.05) is 13.6 Å². The van der Waals surface area contributed by atoms with Crippen LogP contribution < -0.4 is 5.32 Å². The van der Waals surface area contributed by atoms with Gasteiger partial charge in [-0.2, -0.15) is 5.10 Å². The van der Waals surface area contributed by atoms with Gasteiger partial charge in [0.1, 0.15) is 0 Å². The molecular formula is C16H28ClN3. The summed E-state index contributed by atoms with van der Waals surface area (Å²) in [5, 5.41) is 8.94. The maximum absolute atomic E-state index is 6.43. The third-order valence-electron chi connectivity index (χ3n) is 4.48. The van der Waals surface area contributed by atoms with Crippen molar-refractivity contribution in [1.29, 1.82) is 0 Å². The third kappa shape index (κ3) is 3.56. The molecule has 3 nitrogen and oxygen atoms in total. The highest BCUT2D eigenvalue weighted by molar-refractivity contribution is 6.31. The molecule has 0 radical (unpaired) electrons. The molecule has 0 bridgehead atoms. The number of rotatable bonds is 7. The van der Waals surface area contributed by atoms with Crippen molar-refractivity contribution in [2.24, 2.45) is 24.3 Å². The largest absolute Gasteiger partial charge is 0.316 e. The fraction of sp³-hybridized carbons (Fsp3) is 0.812. The van der Waals surface area contributed by atoms with Crippen LogP contribution in [0.5, 0.6) is 0 Å². The lowest BCUT2D eigenvalue weighted by molar-refractivity contribution is 0.247. The Morgan fingerprint density at radius 1 is 1.45 bits per heavy atom. The number of halogens is 1. The van der Waals surface area contributed by atoms with E-state index in [2.05, 4.69) is 31.2 Å². The lowest BCUT2D eigenvalue weighted by atomic mass is 9.80. The van der Waals surface area contributed by atoms with Gasteiger partial charge in [0.2, 0.25) is 0 Å². The zero-order valence-electron chi connectivity index (χ0n) is 13.5. The Morgan fingerprint density at radius 2 is 2.10 bits per heavy atom. The molecule has 1 aliphatic carbocycles. The molecule has 1 aliphatic rings. The van der Waals surface area contributed by atoms with E-state index in [4.69, 9.17) is 11.6 Å². The predicted octanol–water partition coefficient (Wildman–Crippen LogP) is 3.59. The highest BCUT2D eigenvalue weighted by atomic mass is 35.5. The molecule has 1 atom stereocenters. The first kappa shape index (κ1) is 15.8. The van der Waals surface area contributed by atoms with Gasteiger partial charge in [-0.1, -0.05) is 32.4 Å². The summed E-state index contributed by atoms with van der Waals surface area (Å²) in [6, 6.07) is 0. The summed E-state index contributed by atoms with van der Waals surface area (Å²) in [5.41, 5.74) is 2.42. The molecule has 1 aromatic rings. The number of nitrogens with one attached hydrogen (secondary N) is 1. The van der Waals surface area contributed by atoms with Gasteiger partial charge in [0.05, 0.1) is 16.4 Å². The standard InChI is InChI=1S/C16H28ClN3/c1-11(2)9-18-10-16(4,13-6-7-13)8-14-15(17)12(3)19-20(14)5/h11,13,18H,6-10H2,1-5H3. The Morgan fingerprint density at radius 3 is 2.55 bits per heavy atom. The Bertz CT molecular complexity index is 463. The fourth-order valence-corrected chi connectivity index (χ4v) is 3.26. The summed E-state index contributed by atoms with van der Waals surface area (Å²) < 4.78 is 1.96. The van der Waals surface area contributed by atoms with Crippen LogP contribution in [0.1, 0.15) is 45.0 Å². The second kappa shape index (κ2) is 6.07. The van der Waals surface area contributed by atoms with E-state index in [1.165, 1.54) is 18.5 Å². The maximum Gasteiger partial charge on any atom is 0.0847 e. The molecule has 0 aliphatic heterocycles. The molecule has 1 aromatic heterocycles. The summed E-state index contributed by atoms with van der Waals surface area (Å²) in [7, 11) is 2.00. The predicted molar refractivity (Wildman–Crippen MR) is 85.2 cm³/mol. The molecule has 1 N–H and O–H groups in total. The quantitative estimate of drug-likeness (QED) is 0.833. The molecule has 1 fully saturated rings. The van der Waals surface area contributed by atoms with Crippen LogP contribution in [-0.2, 0) is 13.5 Å². The van der Waals surface area contributed by atoms with Gasteiger partial charge in [-0.05, 0) is 50.0 Å². The first-order valence-electron chi connectivity index (χ1n) is 7.72. The van der Waals surface area contributed by atoms with Crippen LogP contribution >= 0.6 is 11.6 Å².